The van der Waals surface area contributed by atoms with Gasteiger partial charge in [0, 0.05) is 18.1 Å². The summed E-state index contributed by atoms with van der Waals surface area (Å²) in [7, 11) is -3.94. The minimum absolute atomic E-state index is 0.00504. The molecule has 0 unspecified atom stereocenters. The number of aromatic nitrogens is 1. The number of rotatable bonds is 5. The molecule has 1 aromatic heterocycles. The number of amides is 1. The van der Waals surface area contributed by atoms with Gasteiger partial charge in [0.1, 0.15) is 9.48 Å². The van der Waals surface area contributed by atoms with Gasteiger partial charge in [0.15, 0.2) is 0 Å². The fourth-order valence-electron chi connectivity index (χ4n) is 1.97. The Bertz CT molecular complexity index is 880. The number of carbonyl (C=O) groups is 1. The second kappa shape index (κ2) is 7.70. The Labute approximate surface area is 162 Å². The maximum atomic E-state index is 12.7. The topological polar surface area (TPSA) is 67.3 Å². The maximum Gasteiger partial charge on any atom is 0.266 e. The van der Waals surface area contributed by atoms with Crippen molar-refractivity contribution < 1.29 is 13.2 Å². The number of hydrogen-bond donors (Lipinski definition) is 0. The molecular formula is C14H13BrCl2N2O3S2. The van der Waals surface area contributed by atoms with Gasteiger partial charge < -0.3 is 4.90 Å². The average molecular weight is 472 g/mol. The molecule has 24 heavy (non-hydrogen) atoms. The van der Waals surface area contributed by atoms with Crippen LogP contribution >= 0.6 is 50.5 Å². The lowest BCUT2D eigenvalue weighted by Gasteiger charge is -2.17. The summed E-state index contributed by atoms with van der Waals surface area (Å²) in [5.74, 6) is -0.270. The van der Waals surface area contributed by atoms with E-state index in [4.69, 9.17) is 23.2 Å². The van der Waals surface area contributed by atoms with Crippen LogP contribution in [0.3, 0.4) is 0 Å². The molecule has 0 aliphatic heterocycles. The Morgan fingerprint density at radius 2 is 1.92 bits per heavy atom. The smallest absolute Gasteiger partial charge is 0.266 e. The van der Waals surface area contributed by atoms with Crippen LogP contribution in [0, 0.1) is 0 Å². The normalized spacial score (nSPS) is 11.5. The highest BCUT2D eigenvalue weighted by Crippen LogP contribution is 2.34. The minimum atomic E-state index is -3.94. The molecule has 130 valence electrons. The van der Waals surface area contributed by atoms with Gasteiger partial charge in [-0.1, -0.05) is 34.5 Å². The molecule has 0 saturated carbocycles. The minimum Gasteiger partial charge on any atom is -0.338 e. The lowest BCUT2D eigenvalue weighted by Crippen LogP contribution is -2.30. The van der Waals surface area contributed by atoms with Gasteiger partial charge in [-0.25, -0.2) is 13.4 Å². The first-order chi connectivity index (χ1) is 11.2. The fourth-order valence-corrected chi connectivity index (χ4v) is 6.09. The van der Waals surface area contributed by atoms with Crippen molar-refractivity contribution in [3.05, 3.63) is 37.7 Å². The number of sulfone groups is 1. The van der Waals surface area contributed by atoms with E-state index in [2.05, 4.69) is 20.9 Å². The molecule has 0 saturated heterocycles. The van der Waals surface area contributed by atoms with Crippen LogP contribution < -0.4 is 0 Å². The van der Waals surface area contributed by atoms with E-state index in [0.29, 0.717) is 18.1 Å². The van der Waals surface area contributed by atoms with Crippen LogP contribution in [0.1, 0.15) is 23.5 Å². The molecule has 2 rings (SSSR count). The van der Waals surface area contributed by atoms with Gasteiger partial charge in [0.25, 0.3) is 5.91 Å². The van der Waals surface area contributed by atoms with Crippen molar-refractivity contribution in [3.8, 4) is 0 Å². The summed E-state index contributed by atoms with van der Waals surface area (Å²) in [5.41, 5.74) is 0. The summed E-state index contributed by atoms with van der Waals surface area (Å²) in [6.07, 6.45) is 0. The zero-order valence-corrected chi connectivity index (χ0v) is 17.4. The maximum absolute atomic E-state index is 12.7. The first-order valence-corrected chi connectivity index (χ1v) is 10.7. The highest BCUT2D eigenvalue weighted by molar-refractivity contribution is 9.10. The summed E-state index contributed by atoms with van der Waals surface area (Å²) in [6, 6.07) is 4.10. The van der Waals surface area contributed by atoms with Crippen molar-refractivity contribution in [1.29, 1.82) is 0 Å². The van der Waals surface area contributed by atoms with E-state index in [1.54, 1.807) is 4.90 Å². The monoisotopic (exact) mass is 470 g/mol. The molecule has 0 N–H and O–H groups in total. The lowest BCUT2D eigenvalue weighted by molar-refractivity contribution is 0.0776. The van der Waals surface area contributed by atoms with Gasteiger partial charge in [-0.05, 0) is 48.0 Å². The molecular weight excluding hydrogens is 459 g/mol. The van der Waals surface area contributed by atoms with Crippen LogP contribution in [0.2, 0.25) is 10.0 Å². The molecule has 0 aliphatic carbocycles. The van der Waals surface area contributed by atoms with Crippen LogP contribution in [-0.4, -0.2) is 37.3 Å². The van der Waals surface area contributed by atoms with Crippen LogP contribution in [0.4, 0.5) is 0 Å². The molecule has 10 heteroatoms. The Hall–Kier alpha value is -0.670. The lowest BCUT2D eigenvalue weighted by atomic mass is 10.4. The van der Waals surface area contributed by atoms with Gasteiger partial charge in [-0.3, -0.25) is 4.79 Å². The van der Waals surface area contributed by atoms with E-state index < -0.39 is 9.84 Å². The van der Waals surface area contributed by atoms with Crippen LogP contribution in [-0.2, 0) is 9.84 Å². The predicted molar refractivity (Wildman–Crippen MR) is 99.0 cm³/mol. The summed E-state index contributed by atoms with van der Waals surface area (Å²) >= 11 is 15.8. The first-order valence-electron chi connectivity index (χ1n) is 6.88. The van der Waals surface area contributed by atoms with Gasteiger partial charge in [0.2, 0.25) is 14.2 Å². The third-order valence-corrected chi connectivity index (χ3v) is 7.95. The molecule has 5 nitrogen and oxygen atoms in total. The van der Waals surface area contributed by atoms with Gasteiger partial charge >= 0.3 is 0 Å². The Balaban J connectivity index is 2.50. The van der Waals surface area contributed by atoms with Crippen molar-refractivity contribution in [2.45, 2.75) is 23.1 Å². The predicted octanol–water partition coefficient (Wildman–Crippen LogP) is 4.53. The highest BCUT2D eigenvalue weighted by atomic mass is 79.9. The molecule has 0 spiro atoms. The van der Waals surface area contributed by atoms with Crippen molar-refractivity contribution in [2.75, 3.05) is 13.1 Å². The van der Waals surface area contributed by atoms with Gasteiger partial charge in [-0.2, -0.15) is 0 Å². The molecule has 1 amide bonds. The summed E-state index contributed by atoms with van der Waals surface area (Å²) in [6.45, 7) is 4.73. The fraction of sp³-hybridized carbons (Fsp3) is 0.286. The number of hydrogen-bond acceptors (Lipinski definition) is 5. The molecule has 1 aromatic carbocycles. The van der Waals surface area contributed by atoms with Crippen LogP contribution in [0.25, 0.3) is 0 Å². The van der Waals surface area contributed by atoms with E-state index in [-0.39, 0.29) is 29.6 Å². The Kier molecular flexibility index (Phi) is 6.30. The standard InChI is InChI=1S/C14H13BrCl2N2O3S2/c1-3-19(4-2)13(20)11-12(15)18-14(23-11)24(21,22)10-6-5-8(16)7-9(10)17/h5-7H,3-4H2,1-2H3. The second-order valence-corrected chi connectivity index (χ2v) is 9.34. The highest BCUT2D eigenvalue weighted by Gasteiger charge is 2.29. The first kappa shape index (κ1) is 19.7. The summed E-state index contributed by atoms with van der Waals surface area (Å²) in [4.78, 5) is 18.2. The van der Waals surface area contributed by atoms with Crippen molar-refractivity contribution >= 4 is 66.2 Å². The van der Waals surface area contributed by atoms with Crippen molar-refractivity contribution in [1.82, 2.24) is 9.88 Å². The summed E-state index contributed by atoms with van der Waals surface area (Å²) in [5, 5.41) is 0.335. The van der Waals surface area contributed by atoms with Crippen molar-refractivity contribution in [2.24, 2.45) is 0 Å². The Morgan fingerprint density at radius 3 is 2.46 bits per heavy atom. The third kappa shape index (κ3) is 3.77. The number of thiazole rings is 1. The second-order valence-electron chi connectivity index (χ2n) is 4.66. The van der Waals surface area contributed by atoms with Gasteiger partial charge in [-0.15, -0.1) is 0 Å². The molecule has 0 atom stereocenters. The molecule has 0 bridgehead atoms. The third-order valence-electron chi connectivity index (χ3n) is 3.22. The van der Waals surface area contributed by atoms with Crippen LogP contribution in [0.15, 0.2) is 32.0 Å². The Morgan fingerprint density at radius 1 is 1.29 bits per heavy atom. The van der Waals surface area contributed by atoms with E-state index in [1.807, 2.05) is 13.8 Å². The largest absolute Gasteiger partial charge is 0.338 e. The quantitative estimate of drug-likeness (QED) is 0.642. The zero-order chi connectivity index (χ0) is 18.1. The van der Waals surface area contributed by atoms with E-state index in [9.17, 15) is 13.2 Å². The van der Waals surface area contributed by atoms with E-state index in [0.717, 1.165) is 11.3 Å². The molecule has 1 heterocycles. The molecule has 2 aromatic rings. The zero-order valence-electron chi connectivity index (χ0n) is 12.7. The van der Waals surface area contributed by atoms with E-state index >= 15 is 0 Å². The number of benzene rings is 1. The van der Waals surface area contributed by atoms with Crippen molar-refractivity contribution in [3.63, 3.8) is 0 Å². The SMILES string of the molecule is CCN(CC)C(=O)c1sc(S(=O)(=O)c2ccc(Cl)cc2Cl)nc1Br. The summed E-state index contributed by atoms with van der Waals surface area (Å²) < 4.78 is 25.5. The van der Waals surface area contributed by atoms with Gasteiger partial charge in [0.05, 0.1) is 9.92 Å². The number of nitrogens with zero attached hydrogens (tertiary/aromatic N) is 2. The van der Waals surface area contributed by atoms with E-state index in [1.165, 1.54) is 18.2 Å². The number of carbonyl (C=O) groups excluding carboxylic acids is 1. The molecule has 0 aliphatic rings. The molecule has 0 radical (unpaired) electrons. The van der Waals surface area contributed by atoms with Crippen LogP contribution in [0.5, 0.6) is 0 Å². The average Bonchev–Trinajstić information content (AvgIpc) is 2.90. The molecule has 0 fully saturated rings. The number of halogens is 3.